The van der Waals surface area contributed by atoms with Crippen LogP contribution in [0.25, 0.3) is 0 Å². The maximum Gasteiger partial charge on any atom is 0.242 e. The van der Waals surface area contributed by atoms with E-state index in [0.717, 1.165) is 32.4 Å². The topological polar surface area (TPSA) is 58.2 Å². The fourth-order valence-electron chi connectivity index (χ4n) is 2.55. The molecule has 118 valence electrons. The standard InChI is InChI=1S/C14H20Cl2N2O2S/c1-9-8-12(15)10(2)14(13(9)16)21(19,20)18-11-4-3-6-17-7-5-11/h8,11,17-18H,3-7H2,1-2H3. The zero-order chi connectivity index (χ0) is 15.6. The molecule has 1 unspecified atom stereocenters. The maximum absolute atomic E-state index is 12.7. The van der Waals surface area contributed by atoms with Crippen LogP contribution >= 0.6 is 23.2 Å². The van der Waals surface area contributed by atoms with Gasteiger partial charge in [0.05, 0.1) is 5.02 Å². The largest absolute Gasteiger partial charge is 0.317 e. The second-order valence-corrected chi connectivity index (χ2v) is 7.88. The molecule has 21 heavy (non-hydrogen) atoms. The average Bonchev–Trinajstić information content (AvgIpc) is 2.64. The molecule has 1 atom stereocenters. The van der Waals surface area contributed by atoms with Gasteiger partial charge in [-0.25, -0.2) is 13.1 Å². The predicted octanol–water partition coefficient (Wildman–Crippen LogP) is 3.03. The summed E-state index contributed by atoms with van der Waals surface area (Å²) in [6.07, 6.45) is 2.55. The molecule has 1 aliphatic heterocycles. The molecule has 0 aliphatic carbocycles. The minimum absolute atomic E-state index is 0.0697. The van der Waals surface area contributed by atoms with Crippen molar-refractivity contribution < 1.29 is 8.42 Å². The van der Waals surface area contributed by atoms with Gasteiger partial charge in [0.2, 0.25) is 10.0 Å². The molecule has 0 bridgehead atoms. The van der Waals surface area contributed by atoms with Gasteiger partial charge in [-0.1, -0.05) is 23.2 Å². The number of hydrogen-bond acceptors (Lipinski definition) is 3. The zero-order valence-electron chi connectivity index (χ0n) is 12.2. The van der Waals surface area contributed by atoms with Crippen LogP contribution in [0.3, 0.4) is 0 Å². The lowest BCUT2D eigenvalue weighted by atomic mass is 10.1. The normalized spacial score (nSPS) is 20.3. The predicted molar refractivity (Wildman–Crippen MR) is 86.8 cm³/mol. The van der Waals surface area contributed by atoms with Gasteiger partial charge in [0.15, 0.2) is 0 Å². The Bertz CT molecular complexity index is 598. The van der Waals surface area contributed by atoms with Crippen molar-refractivity contribution in [2.24, 2.45) is 0 Å². The van der Waals surface area contributed by atoms with Crippen molar-refractivity contribution in [1.82, 2.24) is 10.0 Å². The van der Waals surface area contributed by atoms with E-state index in [9.17, 15) is 8.42 Å². The van der Waals surface area contributed by atoms with Gasteiger partial charge >= 0.3 is 0 Å². The van der Waals surface area contributed by atoms with Crippen LogP contribution in [0, 0.1) is 13.8 Å². The van der Waals surface area contributed by atoms with Crippen LogP contribution in [-0.2, 0) is 10.0 Å². The summed E-state index contributed by atoms with van der Waals surface area (Å²) in [5.74, 6) is 0. The van der Waals surface area contributed by atoms with Crippen LogP contribution in [0.2, 0.25) is 10.0 Å². The van der Waals surface area contributed by atoms with Gasteiger partial charge < -0.3 is 5.32 Å². The zero-order valence-corrected chi connectivity index (χ0v) is 14.5. The van der Waals surface area contributed by atoms with Gasteiger partial charge in [-0.15, -0.1) is 0 Å². The molecule has 2 rings (SSSR count). The van der Waals surface area contributed by atoms with E-state index in [2.05, 4.69) is 10.0 Å². The second kappa shape index (κ2) is 6.84. The first-order valence-corrected chi connectivity index (χ1v) is 9.25. The molecule has 7 heteroatoms. The van der Waals surface area contributed by atoms with E-state index in [4.69, 9.17) is 23.2 Å². The summed E-state index contributed by atoms with van der Waals surface area (Å²) < 4.78 is 28.1. The van der Waals surface area contributed by atoms with E-state index in [1.165, 1.54) is 0 Å². The first-order chi connectivity index (χ1) is 9.83. The smallest absolute Gasteiger partial charge is 0.242 e. The molecule has 0 amide bonds. The number of aryl methyl sites for hydroxylation is 1. The SMILES string of the molecule is Cc1cc(Cl)c(C)c(S(=O)(=O)NC2CCCNCC2)c1Cl. The van der Waals surface area contributed by atoms with E-state index < -0.39 is 10.0 Å². The fraction of sp³-hybridized carbons (Fsp3) is 0.571. The van der Waals surface area contributed by atoms with Gasteiger partial charge in [-0.2, -0.15) is 0 Å². The molecule has 1 heterocycles. The third-order valence-corrected chi connectivity index (χ3v) is 6.44. The average molecular weight is 351 g/mol. The van der Waals surface area contributed by atoms with E-state index in [1.54, 1.807) is 19.9 Å². The Labute approximate surface area is 136 Å². The minimum atomic E-state index is -3.68. The number of nitrogens with one attached hydrogen (secondary N) is 2. The van der Waals surface area contributed by atoms with Gasteiger partial charge in [0, 0.05) is 11.1 Å². The molecular formula is C14H20Cl2N2O2S. The molecule has 0 radical (unpaired) electrons. The Hall–Kier alpha value is -0.330. The second-order valence-electron chi connectivity index (χ2n) is 5.44. The molecule has 1 aromatic carbocycles. The van der Waals surface area contributed by atoms with E-state index >= 15 is 0 Å². The number of halogens is 2. The molecule has 1 aliphatic rings. The molecule has 1 saturated heterocycles. The summed E-state index contributed by atoms with van der Waals surface area (Å²) in [6, 6.07) is 1.62. The van der Waals surface area contributed by atoms with Crippen molar-refractivity contribution in [1.29, 1.82) is 0 Å². The third kappa shape index (κ3) is 3.90. The molecule has 4 nitrogen and oxygen atoms in total. The van der Waals surface area contributed by atoms with Crippen molar-refractivity contribution in [2.75, 3.05) is 13.1 Å². The highest BCUT2D eigenvalue weighted by Crippen LogP contribution is 2.33. The highest BCUT2D eigenvalue weighted by molar-refractivity contribution is 7.89. The molecular weight excluding hydrogens is 331 g/mol. The van der Waals surface area contributed by atoms with Gasteiger partial charge in [0.1, 0.15) is 4.90 Å². The molecule has 0 aromatic heterocycles. The van der Waals surface area contributed by atoms with E-state index in [0.29, 0.717) is 16.1 Å². The van der Waals surface area contributed by atoms with E-state index in [1.807, 2.05) is 0 Å². The Balaban J connectivity index is 2.35. The highest BCUT2D eigenvalue weighted by Gasteiger charge is 2.27. The molecule has 1 fully saturated rings. The van der Waals surface area contributed by atoms with Crippen LogP contribution in [-0.4, -0.2) is 27.5 Å². The molecule has 0 spiro atoms. The Morgan fingerprint density at radius 3 is 2.67 bits per heavy atom. The van der Waals surface area contributed by atoms with Crippen LogP contribution < -0.4 is 10.0 Å². The fourth-order valence-corrected chi connectivity index (χ4v) is 5.07. The molecule has 0 saturated carbocycles. The quantitative estimate of drug-likeness (QED) is 0.880. The van der Waals surface area contributed by atoms with Crippen LogP contribution in [0.1, 0.15) is 30.4 Å². The maximum atomic E-state index is 12.7. The van der Waals surface area contributed by atoms with Crippen molar-refractivity contribution in [3.8, 4) is 0 Å². The summed E-state index contributed by atoms with van der Waals surface area (Å²) in [7, 11) is -3.68. The third-order valence-electron chi connectivity index (χ3n) is 3.75. The van der Waals surface area contributed by atoms with Crippen molar-refractivity contribution in [3.05, 3.63) is 27.2 Å². The molecule has 2 N–H and O–H groups in total. The highest BCUT2D eigenvalue weighted by atomic mass is 35.5. The first kappa shape index (κ1) is 17.0. The molecule has 1 aromatic rings. The Kier molecular flexibility index (Phi) is 5.54. The van der Waals surface area contributed by atoms with Gasteiger partial charge in [-0.3, -0.25) is 0 Å². The lowest BCUT2D eigenvalue weighted by Gasteiger charge is -2.19. The van der Waals surface area contributed by atoms with Crippen LogP contribution in [0.4, 0.5) is 0 Å². The summed E-state index contributed by atoms with van der Waals surface area (Å²) >= 11 is 12.3. The van der Waals surface area contributed by atoms with Crippen molar-refractivity contribution in [2.45, 2.75) is 44.0 Å². The summed E-state index contributed by atoms with van der Waals surface area (Å²) in [5, 5.41) is 3.92. The summed E-state index contributed by atoms with van der Waals surface area (Å²) in [4.78, 5) is 0.103. The summed E-state index contributed by atoms with van der Waals surface area (Å²) in [5.41, 5.74) is 1.15. The monoisotopic (exact) mass is 350 g/mol. The Morgan fingerprint density at radius 2 is 1.95 bits per heavy atom. The number of benzene rings is 1. The van der Waals surface area contributed by atoms with Crippen molar-refractivity contribution >= 4 is 33.2 Å². The van der Waals surface area contributed by atoms with Gasteiger partial charge in [0.25, 0.3) is 0 Å². The van der Waals surface area contributed by atoms with Gasteiger partial charge in [-0.05, 0) is 63.4 Å². The van der Waals surface area contributed by atoms with E-state index in [-0.39, 0.29) is 16.0 Å². The number of sulfonamides is 1. The van der Waals surface area contributed by atoms with Crippen LogP contribution in [0.15, 0.2) is 11.0 Å². The lowest BCUT2D eigenvalue weighted by molar-refractivity contribution is 0.518. The minimum Gasteiger partial charge on any atom is -0.317 e. The summed E-state index contributed by atoms with van der Waals surface area (Å²) in [6.45, 7) is 5.17. The Morgan fingerprint density at radius 1 is 1.24 bits per heavy atom. The first-order valence-electron chi connectivity index (χ1n) is 7.01. The number of rotatable bonds is 3. The lowest BCUT2D eigenvalue weighted by Crippen LogP contribution is -2.36. The van der Waals surface area contributed by atoms with Crippen molar-refractivity contribution in [3.63, 3.8) is 0 Å². The van der Waals surface area contributed by atoms with Crippen LogP contribution in [0.5, 0.6) is 0 Å². The number of hydrogen-bond donors (Lipinski definition) is 2.